The van der Waals surface area contributed by atoms with Gasteiger partial charge in [0.05, 0.1) is 12.8 Å². The third-order valence-electron chi connectivity index (χ3n) is 3.92. The quantitative estimate of drug-likeness (QED) is 0.918. The molecule has 6 nitrogen and oxygen atoms in total. The van der Waals surface area contributed by atoms with E-state index in [1.165, 1.54) is 6.42 Å². The van der Waals surface area contributed by atoms with Crippen LogP contribution in [0.4, 0.5) is 0 Å². The second-order valence-corrected chi connectivity index (χ2v) is 5.48. The van der Waals surface area contributed by atoms with Crippen molar-refractivity contribution in [2.75, 3.05) is 13.1 Å². The molecule has 3 heterocycles. The molecule has 0 aromatic carbocycles. The lowest BCUT2D eigenvalue weighted by Crippen LogP contribution is -2.45. The molecule has 2 N–H and O–H groups in total. The van der Waals surface area contributed by atoms with Crippen molar-refractivity contribution in [2.24, 2.45) is 11.7 Å². The fourth-order valence-corrected chi connectivity index (χ4v) is 2.75. The molecular formula is C14H20N4O2. The van der Waals surface area contributed by atoms with Crippen molar-refractivity contribution in [3.63, 3.8) is 0 Å². The van der Waals surface area contributed by atoms with Gasteiger partial charge >= 0.3 is 0 Å². The maximum Gasteiger partial charge on any atom is 0.293 e. The van der Waals surface area contributed by atoms with E-state index in [0.717, 1.165) is 18.9 Å². The highest BCUT2D eigenvalue weighted by molar-refractivity contribution is 5.42. The SMILES string of the molecule is CC1CCN(Cc2noc(-c3ccco3)n2)C(CN)C1. The number of aromatic nitrogens is 2. The lowest BCUT2D eigenvalue weighted by atomic mass is 9.92. The van der Waals surface area contributed by atoms with Crippen LogP contribution in [0.1, 0.15) is 25.6 Å². The van der Waals surface area contributed by atoms with Gasteiger partial charge in [-0.3, -0.25) is 4.90 Å². The van der Waals surface area contributed by atoms with Gasteiger partial charge in [0.25, 0.3) is 5.89 Å². The van der Waals surface area contributed by atoms with E-state index in [1.807, 2.05) is 6.07 Å². The largest absolute Gasteiger partial charge is 0.459 e. The van der Waals surface area contributed by atoms with Gasteiger partial charge in [0.1, 0.15) is 0 Å². The van der Waals surface area contributed by atoms with Crippen LogP contribution >= 0.6 is 0 Å². The first kappa shape index (κ1) is 13.3. The number of furan rings is 1. The first-order valence-electron chi connectivity index (χ1n) is 7.07. The van der Waals surface area contributed by atoms with Crippen LogP contribution < -0.4 is 5.73 Å². The van der Waals surface area contributed by atoms with Crippen molar-refractivity contribution >= 4 is 0 Å². The van der Waals surface area contributed by atoms with Gasteiger partial charge < -0.3 is 14.7 Å². The number of piperidine rings is 1. The molecular weight excluding hydrogens is 256 g/mol. The minimum absolute atomic E-state index is 0.407. The minimum atomic E-state index is 0.407. The number of hydrogen-bond acceptors (Lipinski definition) is 6. The van der Waals surface area contributed by atoms with E-state index in [1.54, 1.807) is 12.3 Å². The molecule has 2 unspecified atom stereocenters. The van der Waals surface area contributed by atoms with Crippen LogP contribution in [0.3, 0.4) is 0 Å². The monoisotopic (exact) mass is 276 g/mol. The highest BCUT2D eigenvalue weighted by Gasteiger charge is 2.26. The Morgan fingerprint density at radius 3 is 3.15 bits per heavy atom. The Labute approximate surface area is 117 Å². The van der Waals surface area contributed by atoms with Crippen molar-refractivity contribution < 1.29 is 8.94 Å². The number of rotatable bonds is 4. The minimum Gasteiger partial charge on any atom is -0.459 e. The van der Waals surface area contributed by atoms with E-state index in [2.05, 4.69) is 22.0 Å². The average molecular weight is 276 g/mol. The molecule has 1 aliphatic rings. The number of nitrogens with two attached hydrogens (primary N) is 1. The van der Waals surface area contributed by atoms with Crippen LogP contribution in [0, 0.1) is 5.92 Å². The Kier molecular flexibility index (Phi) is 3.84. The summed E-state index contributed by atoms with van der Waals surface area (Å²) in [4.78, 5) is 6.72. The van der Waals surface area contributed by atoms with Crippen molar-refractivity contribution in [3.05, 3.63) is 24.2 Å². The first-order chi connectivity index (χ1) is 9.76. The Bertz CT molecular complexity index is 537. The molecule has 0 bridgehead atoms. The van der Waals surface area contributed by atoms with Crippen LogP contribution in [0.2, 0.25) is 0 Å². The third-order valence-corrected chi connectivity index (χ3v) is 3.92. The van der Waals surface area contributed by atoms with Gasteiger partial charge in [0, 0.05) is 12.6 Å². The molecule has 6 heteroatoms. The maximum atomic E-state index is 5.87. The van der Waals surface area contributed by atoms with Gasteiger partial charge in [-0.2, -0.15) is 4.98 Å². The van der Waals surface area contributed by atoms with Gasteiger partial charge in [-0.05, 0) is 37.4 Å². The molecule has 1 fully saturated rings. The van der Waals surface area contributed by atoms with Gasteiger partial charge in [-0.1, -0.05) is 12.1 Å². The summed E-state index contributed by atoms with van der Waals surface area (Å²) in [6.45, 7) is 4.67. The molecule has 2 aromatic rings. The van der Waals surface area contributed by atoms with E-state index in [-0.39, 0.29) is 0 Å². The summed E-state index contributed by atoms with van der Waals surface area (Å²) in [6.07, 6.45) is 3.93. The molecule has 108 valence electrons. The standard InChI is InChI=1S/C14H20N4O2/c1-10-4-5-18(11(7-10)8-15)9-13-16-14(20-17-13)12-3-2-6-19-12/h2-3,6,10-11H,4-5,7-9,15H2,1H3. The Balaban J connectivity index is 1.68. The molecule has 2 atom stereocenters. The maximum absolute atomic E-state index is 5.87. The Morgan fingerprint density at radius 2 is 2.40 bits per heavy atom. The van der Waals surface area contributed by atoms with E-state index >= 15 is 0 Å². The zero-order chi connectivity index (χ0) is 13.9. The summed E-state index contributed by atoms with van der Waals surface area (Å²) in [7, 11) is 0. The second kappa shape index (κ2) is 5.76. The van der Waals surface area contributed by atoms with Crippen LogP contribution in [-0.2, 0) is 6.54 Å². The van der Waals surface area contributed by atoms with E-state index < -0.39 is 0 Å². The van der Waals surface area contributed by atoms with Crippen molar-refractivity contribution in [1.82, 2.24) is 15.0 Å². The Morgan fingerprint density at radius 1 is 1.50 bits per heavy atom. The van der Waals surface area contributed by atoms with Gasteiger partial charge in [0.2, 0.25) is 0 Å². The van der Waals surface area contributed by atoms with Crippen molar-refractivity contribution in [1.29, 1.82) is 0 Å². The smallest absolute Gasteiger partial charge is 0.293 e. The molecule has 1 saturated heterocycles. The molecule has 0 saturated carbocycles. The summed E-state index contributed by atoms with van der Waals surface area (Å²) in [5.41, 5.74) is 5.87. The van der Waals surface area contributed by atoms with Gasteiger partial charge in [0.15, 0.2) is 11.6 Å². The zero-order valence-corrected chi connectivity index (χ0v) is 11.7. The molecule has 0 radical (unpaired) electrons. The van der Waals surface area contributed by atoms with Crippen LogP contribution in [0.15, 0.2) is 27.3 Å². The van der Waals surface area contributed by atoms with E-state index in [4.69, 9.17) is 14.7 Å². The molecule has 0 aliphatic carbocycles. The van der Waals surface area contributed by atoms with E-state index in [0.29, 0.717) is 36.6 Å². The summed E-state index contributed by atoms with van der Waals surface area (Å²) in [5.74, 6) is 2.46. The molecule has 1 aliphatic heterocycles. The fraction of sp³-hybridized carbons (Fsp3) is 0.571. The predicted octanol–water partition coefficient (Wildman–Crippen LogP) is 1.89. The van der Waals surface area contributed by atoms with E-state index in [9.17, 15) is 0 Å². The normalized spacial score (nSPS) is 24.1. The van der Waals surface area contributed by atoms with Gasteiger partial charge in [-0.25, -0.2) is 0 Å². The lowest BCUT2D eigenvalue weighted by Gasteiger charge is -2.37. The van der Waals surface area contributed by atoms with Crippen molar-refractivity contribution in [2.45, 2.75) is 32.4 Å². The summed E-state index contributed by atoms with van der Waals surface area (Å²) in [6, 6.07) is 4.02. The van der Waals surface area contributed by atoms with Crippen LogP contribution in [-0.4, -0.2) is 34.2 Å². The lowest BCUT2D eigenvalue weighted by molar-refractivity contribution is 0.111. The molecule has 0 spiro atoms. The molecule has 2 aromatic heterocycles. The van der Waals surface area contributed by atoms with Gasteiger partial charge in [-0.15, -0.1) is 0 Å². The second-order valence-electron chi connectivity index (χ2n) is 5.48. The summed E-state index contributed by atoms with van der Waals surface area (Å²) < 4.78 is 10.5. The number of likely N-dealkylation sites (tertiary alicyclic amines) is 1. The fourth-order valence-electron chi connectivity index (χ4n) is 2.75. The zero-order valence-electron chi connectivity index (χ0n) is 11.7. The third kappa shape index (κ3) is 2.76. The number of nitrogens with zero attached hydrogens (tertiary/aromatic N) is 3. The average Bonchev–Trinajstić information content (AvgIpc) is 3.11. The van der Waals surface area contributed by atoms with Crippen LogP contribution in [0.25, 0.3) is 11.7 Å². The summed E-state index contributed by atoms with van der Waals surface area (Å²) >= 11 is 0. The molecule has 0 amide bonds. The molecule has 3 rings (SSSR count). The number of hydrogen-bond donors (Lipinski definition) is 1. The Hall–Kier alpha value is -1.66. The van der Waals surface area contributed by atoms with Crippen LogP contribution in [0.5, 0.6) is 0 Å². The summed E-state index contributed by atoms with van der Waals surface area (Å²) in [5, 5.41) is 4.03. The topological polar surface area (TPSA) is 81.3 Å². The highest BCUT2D eigenvalue weighted by atomic mass is 16.5. The predicted molar refractivity (Wildman–Crippen MR) is 73.7 cm³/mol. The highest BCUT2D eigenvalue weighted by Crippen LogP contribution is 2.24. The molecule has 20 heavy (non-hydrogen) atoms. The van der Waals surface area contributed by atoms with Crippen molar-refractivity contribution in [3.8, 4) is 11.7 Å². The first-order valence-corrected chi connectivity index (χ1v) is 7.07.